The topological polar surface area (TPSA) is 107 Å². The Morgan fingerprint density at radius 3 is 2.29 bits per heavy atom. The van der Waals surface area contributed by atoms with Gasteiger partial charge in [-0.3, -0.25) is 9.59 Å². The number of benzene rings is 4. The fourth-order valence-corrected chi connectivity index (χ4v) is 4.12. The average Bonchev–Trinajstić information content (AvgIpc) is 3.00. The molecule has 4 aromatic carbocycles. The number of methoxy groups -OCH3 is 2. The number of halogens is 2. The lowest BCUT2D eigenvalue weighted by atomic mass is 10.2. The minimum absolute atomic E-state index is 0.188. The Kier molecular flexibility index (Phi) is 10.6. The molecular formula is C31H27Cl2N3O6. The van der Waals surface area contributed by atoms with Crippen LogP contribution in [0.25, 0.3) is 0 Å². The molecule has 9 nitrogen and oxygen atoms in total. The van der Waals surface area contributed by atoms with Crippen molar-refractivity contribution in [3.8, 4) is 23.0 Å². The molecule has 0 bridgehead atoms. The molecule has 0 aromatic heterocycles. The van der Waals surface area contributed by atoms with Crippen LogP contribution in [-0.4, -0.2) is 38.9 Å². The first-order valence-corrected chi connectivity index (χ1v) is 13.4. The van der Waals surface area contributed by atoms with Crippen LogP contribution in [0.5, 0.6) is 23.0 Å². The molecule has 0 aliphatic heterocycles. The van der Waals surface area contributed by atoms with Gasteiger partial charge in [0.2, 0.25) is 0 Å². The molecule has 0 spiro atoms. The Labute approximate surface area is 253 Å². The Morgan fingerprint density at radius 2 is 1.57 bits per heavy atom. The fourth-order valence-electron chi connectivity index (χ4n) is 3.72. The molecule has 0 atom stereocenters. The predicted molar refractivity (Wildman–Crippen MR) is 162 cm³/mol. The van der Waals surface area contributed by atoms with Crippen LogP contribution < -0.4 is 29.7 Å². The van der Waals surface area contributed by atoms with Crippen molar-refractivity contribution in [1.29, 1.82) is 0 Å². The highest BCUT2D eigenvalue weighted by molar-refractivity contribution is 6.32. The normalized spacial score (nSPS) is 10.7. The third-order valence-corrected chi connectivity index (χ3v) is 6.30. The van der Waals surface area contributed by atoms with E-state index in [9.17, 15) is 9.59 Å². The van der Waals surface area contributed by atoms with Crippen molar-refractivity contribution >= 4 is 46.9 Å². The number of nitrogens with one attached hydrogen (secondary N) is 2. The zero-order valence-electron chi connectivity index (χ0n) is 22.7. The molecule has 0 aliphatic rings. The zero-order chi connectivity index (χ0) is 29.9. The third kappa shape index (κ3) is 8.39. The summed E-state index contributed by atoms with van der Waals surface area (Å²) in [6.45, 7) is 0.0568. The molecular weight excluding hydrogens is 581 g/mol. The summed E-state index contributed by atoms with van der Waals surface area (Å²) in [7, 11) is 2.94. The quantitative estimate of drug-likeness (QED) is 0.143. The molecule has 0 unspecified atom stereocenters. The first-order chi connectivity index (χ1) is 20.4. The number of nitrogens with zero attached hydrogens (tertiary/aromatic N) is 1. The largest absolute Gasteiger partial charge is 0.493 e. The van der Waals surface area contributed by atoms with Crippen LogP contribution in [0.1, 0.15) is 21.5 Å². The predicted octanol–water partition coefficient (Wildman–Crippen LogP) is 6.37. The molecule has 0 heterocycles. The highest BCUT2D eigenvalue weighted by atomic mass is 35.5. The standard InChI is InChI=1S/C31H27Cl2N3O6/c1-39-27-16-22(8-13-26(27)41-18-20-6-4-3-5-7-20)31(38)36-34-17-21-14-25(33)30(28(15-21)40-2)42-19-29(37)35-24-11-9-23(32)10-12-24/h3-17H,18-19H2,1-2H3,(H,35,37)(H,36,38)/b34-17+. The first-order valence-electron chi connectivity index (χ1n) is 12.6. The second-order valence-electron chi connectivity index (χ2n) is 8.72. The lowest BCUT2D eigenvalue weighted by Gasteiger charge is -2.13. The number of amides is 2. The summed E-state index contributed by atoms with van der Waals surface area (Å²) in [5.74, 6) is 0.545. The van der Waals surface area contributed by atoms with Gasteiger partial charge in [0.25, 0.3) is 11.8 Å². The van der Waals surface area contributed by atoms with E-state index in [2.05, 4.69) is 15.8 Å². The van der Waals surface area contributed by atoms with Crippen LogP contribution in [0, 0.1) is 0 Å². The highest BCUT2D eigenvalue weighted by Crippen LogP contribution is 2.36. The van der Waals surface area contributed by atoms with Gasteiger partial charge in [0.1, 0.15) is 6.61 Å². The molecule has 4 rings (SSSR count). The van der Waals surface area contributed by atoms with E-state index >= 15 is 0 Å². The van der Waals surface area contributed by atoms with Crippen LogP contribution in [0.2, 0.25) is 10.0 Å². The van der Waals surface area contributed by atoms with E-state index in [1.165, 1.54) is 20.4 Å². The molecule has 4 aromatic rings. The number of hydrogen-bond donors (Lipinski definition) is 2. The van der Waals surface area contributed by atoms with Gasteiger partial charge in [-0.1, -0.05) is 53.5 Å². The Bertz CT molecular complexity index is 1560. The molecule has 2 N–H and O–H groups in total. The molecule has 2 amide bonds. The van der Waals surface area contributed by atoms with Crippen molar-refractivity contribution in [2.75, 3.05) is 26.1 Å². The van der Waals surface area contributed by atoms with Gasteiger partial charge in [-0.15, -0.1) is 0 Å². The third-order valence-electron chi connectivity index (χ3n) is 5.77. The van der Waals surface area contributed by atoms with E-state index < -0.39 is 11.8 Å². The van der Waals surface area contributed by atoms with Crippen molar-refractivity contribution in [3.63, 3.8) is 0 Å². The van der Waals surface area contributed by atoms with Gasteiger partial charge in [-0.2, -0.15) is 5.10 Å². The van der Waals surface area contributed by atoms with Gasteiger partial charge in [-0.05, 0) is 65.7 Å². The molecule has 11 heteroatoms. The maximum absolute atomic E-state index is 12.7. The summed E-state index contributed by atoms with van der Waals surface area (Å²) in [6, 6.07) is 24.4. The van der Waals surface area contributed by atoms with E-state index in [4.69, 9.17) is 42.1 Å². The first kappa shape index (κ1) is 30.2. The van der Waals surface area contributed by atoms with Crippen LogP contribution in [0.15, 0.2) is 90.0 Å². The average molecular weight is 608 g/mol. The molecule has 0 aliphatic carbocycles. The van der Waals surface area contributed by atoms with E-state index in [1.54, 1.807) is 54.6 Å². The van der Waals surface area contributed by atoms with E-state index in [0.29, 0.717) is 39.9 Å². The summed E-state index contributed by atoms with van der Waals surface area (Å²) in [6.07, 6.45) is 1.40. The van der Waals surface area contributed by atoms with Gasteiger partial charge in [0.15, 0.2) is 29.6 Å². The van der Waals surface area contributed by atoms with E-state index in [0.717, 1.165) is 5.56 Å². The number of carbonyl (C=O) groups is 2. The van der Waals surface area contributed by atoms with Crippen LogP contribution in [0.4, 0.5) is 5.69 Å². The van der Waals surface area contributed by atoms with Gasteiger partial charge < -0.3 is 24.3 Å². The second kappa shape index (κ2) is 14.8. The number of carbonyl (C=O) groups excluding carboxylic acids is 2. The van der Waals surface area contributed by atoms with Gasteiger partial charge in [0.05, 0.1) is 25.5 Å². The Morgan fingerprint density at radius 1 is 0.833 bits per heavy atom. The minimum atomic E-state index is -0.455. The number of hydrogen-bond acceptors (Lipinski definition) is 7. The number of anilines is 1. The van der Waals surface area contributed by atoms with Gasteiger partial charge in [0, 0.05) is 16.3 Å². The van der Waals surface area contributed by atoms with Crippen molar-refractivity contribution in [2.24, 2.45) is 5.10 Å². The summed E-state index contributed by atoms with van der Waals surface area (Å²) >= 11 is 12.3. The number of hydrazone groups is 1. The van der Waals surface area contributed by atoms with Crippen molar-refractivity contribution in [1.82, 2.24) is 5.43 Å². The van der Waals surface area contributed by atoms with Crippen LogP contribution >= 0.6 is 23.2 Å². The second-order valence-corrected chi connectivity index (χ2v) is 9.56. The van der Waals surface area contributed by atoms with Crippen LogP contribution in [-0.2, 0) is 11.4 Å². The van der Waals surface area contributed by atoms with Gasteiger partial charge in [-0.25, -0.2) is 5.43 Å². The number of ether oxygens (including phenoxy) is 4. The monoisotopic (exact) mass is 607 g/mol. The summed E-state index contributed by atoms with van der Waals surface area (Å²) in [5.41, 5.74) is 4.90. The lowest BCUT2D eigenvalue weighted by molar-refractivity contribution is -0.118. The van der Waals surface area contributed by atoms with Crippen molar-refractivity contribution < 1.29 is 28.5 Å². The molecule has 0 fully saturated rings. The Hall–Kier alpha value is -4.73. The summed E-state index contributed by atoms with van der Waals surface area (Å²) < 4.78 is 22.2. The SMILES string of the molecule is COc1cc(C(=O)N/N=C/c2cc(Cl)c(OCC(=O)Nc3ccc(Cl)cc3)c(OC)c2)ccc1OCc1ccccc1. The molecule has 0 radical (unpaired) electrons. The fraction of sp³-hybridized carbons (Fsp3) is 0.129. The molecule has 216 valence electrons. The van der Waals surface area contributed by atoms with E-state index in [1.807, 2.05) is 30.3 Å². The van der Waals surface area contributed by atoms with E-state index in [-0.39, 0.29) is 23.1 Å². The van der Waals surface area contributed by atoms with Crippen molar-refractivity contribution in [3.05, 3.63) is 112 Å². The highest BCUT2D eigenvalue weighted by Gasteiger charge is 2.15. The van der Waals surface area contributed by atoms with Gasteiger partial charge >= 0.3 is 0 Å². The molecule has 0 saturated carbocycles. The maximum Gasteiger partial charge on any atom is 0.271 e. The minimum Gasteiger partial charge on any atom is -0.493 e. The maximum atomic E-state index is 12.7. The Balaban J connectivity index is 1.35. The zero-order valence-corrected chi connectivity index (χ0v) is 24.2. The lowest BCUT2D eigenvalue weighted by Crippen LogP contribution is -2.20. The van der Waals surface area contributed by atoms with Crippen molar-refractivity contribution in [2.45, 2.75) is 6.61 Å². The molecule has 0 saturated heterocycles. The molecule has 42 heavy (non-hydrogen) atoms. The van der Waals surface area contributed by atoms with Crippen LogP contribution in [0.3, 0.4) is 0 Å². The summed E-state index contributed by atoms with van der Waals surface area (Å²) in [5, 5.41) is 7.47. The summed E-state index contributed by atoms with van der Waals surface area (Å²) in [4.78, 5) is 25.0. The smallest absolute Gasteiger partial charge is 0.271 e. The number of rotatable bonds is 12.